The lowest BCUT2D eigenvalue weighted by Gasteiger charge is -2.09. The first-order valence-electron chi connectivity index (χ1n) is 7.24. The Bertz CT molecular complexity index is 955. The van der Waals surface area contributed by atoms with Crippen LogP contribution < -0.4 is 4.72 Å². The average molecular weight is 347 g/mol. The van der Waals surface area contributed by atoms with Crippen molar-refractivity contribution in [1.29, 1.82) is 0 Å². The Hall–Kier alpha value is -2.52. The van der Waals surface area contributed by atoms with Crippen molar-refractivity contribution in [2.75, 3.05) is 0 Å². The van der Waals surface area contributed by atoms with Crippen LogP contribution in [-0.2, 0) is 23.6 Å². The van der Waals surface area contributed by atoms with Crippen LogP contribution in [0.15, 0.2) is 40.1 Å². The SMILES string of the molecule is Cc1noc(C)c1S(=O)(=O)NCc1cccnc1-c1cnn(C)c1. The van der Waals surface area contributed by atoms with E-state index in [1.54, 1.807) is 37.0 Å². The fraction of sp³-hybridized carbons (Fsp3) is 0.267. The second kappa shape index (κ2) is 6.17. The molecule has 8 nitrogen and oxygen atoms in total. The highest BCUT2D eigenvalue weighted by Crippen LogP contribution is 2.22. The van der Waals surface area contributed by atoms with Crippen LogP contribution in [0, 0.1) is 13.8 Å². The fourth-order valence-electron chi connectivity index (χ4n) is 2.49. The van der Waals surface area contributed by atoms with E-state index in [9.17, 15) is 8.42 Å². The van der Waals surface area contributed by atoms with Gasteiger partial charge in [-0.15, -0.1) is 0 Å². The third-order valence-corrected chi connectivity index (χ3v) is 5.20. The van der Waals surface area contributed by atoms with E-state index in [1.807, 2.05) is 19.3 Å². The van der Waals surface area contributed by atoms with E-state index in [-0.39, 0.29) is 17.2 Å². The maximum absolute atomic E-state index is 12.5. The highest BCUT2D eigenvalue weighted by atomic mass is 32.2. The summed E-state index contributed by atoms with van der Waals surface area (Å²) in [6, 6.07) is 3.59. The van der Waals surface area contributed by atoms with Crippen molar-refractivity contribution in [3.05, 3.63) is 47.7 Å². The van der Waals surface area contributed by atoms with Gasteiger partial charge in [-0.05, 0) is 25.5 Å². The maximum atomic E-state index is 12.5. The van der Waals surface area contributed by atoms with E-state index < -0.39 is 10.0 Å². The summed E-state index contributed by atoms with van der Waals surface area (Å²) >= 11 is 0. The van der Waals surface area contributed by atoms with Crippen molar-refractivity contribution in [2.45, 2.75) is 25.3 Å². The maximum Gasteiger partial charge on any atom is 0.246 e. The number of nitrogens with zero attached hydrogens (tertiary/aromatic N) is 4. The molecule has 0 aliphatic heterocycles. The summed E-state index contributed by atoms with van der Waals surface area (Å²) in [5, 5.41) is 7.81. The zero-order valence-electron chi connectivity index (χ0n) is 13.5. The van der Waals surface area contributed by atoms with Crippen molar-refractivity contribution in [3.63, 3.8) is 0 Å². The molecule has 0 aromatic carbocycles. The van der Waals surface area contributed by atoms with Crippen LogP contribution in [0.1, 0.15) is 17.0 Å². The molecule has 3 aromatic heterocycles. The van der Waals surface area contributed by atoms with Crippen molar-refractivity contribution < 1.29 is 12.9 Å². The minimum Gasteiger partial charge on any atom is -0.360 e. The summed E-state index contributed by atoms with van der Waals surface area (Å²) in [6.07, 6.45) is 5.18. The van der Waals surface area contributed by atoms with Gasteiger partial charge < -0.3 is 4.52 Å². The van der Waals surface area contributed by atoms with Gasteiger partial charge in [0.15, 0.2) is 5.76 Å². The van der Waals surface area contributed by atoms with E-state index in [2.05, 4.69) is 20.0 Å². The van der Waals surface area contributed by atoms with Gasteiger partial charge in [-0.1, -0.05) is 11.2 Å². The van der Waals surface area contributed by atoms with Gasteiger partial charge in [-0.25, -0.2) is 13.1 Å². The molecule has 3 rings (SSSR count). The van der Waals surface area contributed by atoms with Gasteiger partial charge >= 0.3 is 0 Å². The molecule has 0 radical (unpaired) electrons. The van der Waals surface area contributed by atoms with Gasteiger partial charge in [-0.3, -0.25) is 9.67 Å². The Morgan fingerprint density at radius 1 is 1.33 bits per heavy atom. The molecule has 9 heteroatoms. The molecule has 0 bridgehead atoms. The highest BCUT2D eigenvalue weighted by molar-refractivity contribution is 7.89. The second-order valence-electron chi connectivity index (χ2n) is 5.39. The molecule has 3 heterocycles. The molecule has 0 atom stereocenters. The lowest BCUT2D eigenvalue weighted by atomic mass is 10.1. The minimum atomic E-state index is -3.73. The zero-order valence-corrected chi connectivity index (χ0v) is 14.3. The largest absolute Gasteiger partial charge is 0.360 e. The first kappa shape index (κ1) is 16.3. The zero-order chi connectivity index (χ0) is 17.3. The lowest BCUT2D eigenvalue weighted by Crippen LogP contribution is -2.24. The molecule has 126 valence electrons. The van der Waals surface area contributed by atoms with E-state index >= 15 is 0 Å². The summed E-state index contributed by atoms with van der Waals surface area (Å²) in [4.78, 5) is 4.42. The first-order valence-corrected chi connectivity index (χ1v) is 8.72. The molecule has 0 aliphatic carbocycles. The van der Waals surface area contributed by atoms with Crippen LogP contribution in [0.5, 0.6) is 0 Å². The second-order valence-corrected chi connectivity index (χ2v) is 7.10. The number of nitrogens with one attached hydrogen (secondary N) is 1. The number of aromatic nitrogens is 4. The van der Waals surface area contributed by atoms with Gasteiger partial charge in [0.1, 0.15) is 10.6 Å². The molecular formula is C15H17N5O3S. The minimum absolute atomic E-state index is 0.0781. The van der Waals surface area contributed by atoms with Crippen LogP contribution in [0.2, 0.25) is 0 Å². The Morgan fingerprint density at radius 2 is 2.12 bits per heavy atom. The van der Waals surface area contributed by atoms with Crippen LogP contribution in [-0.4, -0.2) is 28.3 Å². The summed E-state index contributed by atoms with van der Waals surface area (Å²) in [5.74, 6) is 0.263. The summed E-state index contributed by atoms with van der Waals surface area (Å²) < 4.78 is 34.2. The molecule has 0 spiro atoms. The third-order valence-electron chi connectivity index (χ3n) is 3.56. The van der Waals surface area contributed by atoms with E-state index in [4.69, 9.17) is 4.52 Å². The number of sulfonamides is 1. The Balaban J connectivity index is 1.88. The van der Waals surface area contributed by atoms with Crippen LogP contribution in [0.3, 0.4) is 0 Å². The normalized spacial score (nSPS) is 11.8. The number of rotatable bonds is 5. The molecule has 24 heavy (non-hydrogen) atoms. The molecular weight excluding hydrogens is 330 g/mol. The quantitative estimate of drug-likeness (QED) is 0.751. The van der Waals surface area contributed by atoms with Gasteiger partial charge in [0.2, 0.25) is 10.0 Å². The first-order chi connectivity index (χ1) is 11.4. The Labute approximate surface area is 139 Å². The molecule has 0 aliphatic rings. The van der Waals surface area contributed by atoms with Crippen LogP contribution >= 0.6 is 0 Å². The van der Waals surface area contributed by atoms with Gasteiger partial charge in [0.25, 0.3) is 0 Å². The summed E-state index contributed by atoms with van der Waals surface area (Å²) in [6.45, 7) is 3.26. The molecule has 0 unspecified atom stereocenters. The van der Waals surface area contributed by atoms with E-state index in [0.29, 0.717) is 11.4 Å². The average Bonchev–Trinajstić information content (AvgIpc) is 3.12. The Morgan fingerprint density at radius 3 is 2.75 bits per heavy atom. The van der Waals surface area contributed by atoms with Crippen LogP contribution in [0.25, 0.3) is 11.3 Å². The molecule has 0 fully saturated rings. The number of aryl methyl sites for hydroxylation is 3. The lowest BCUT2D eigenvalue weighted by molar-refractivity contribution is 0.390. The van der Waals surface area contributed by atoms with Gasteiger partial charge in [0, 0.05) is 31.5 Å². The monoisotopic (exact) mass is 347 g/mol. The fourth-order valence-corrected chi connectivity index (χ4v) is 3.82. The predicted molar refractivity (Wildman–Crippen MR) is 86.4 cm³/mol. The standard InChI is InChI=1S/C15H17N5O3S/c1-10-15(11(2)23-19-10)24(21,22)18-8-12-5-4-6-16-14(12)13-7-17-20(3)9-13/h4-7,9,18H,8H2,1-3H3. The van der Waals surface area contributed by atoms with E-state index in [1.165, 1.54) is 0 Å². The summed E-state index contributed by atoms with van der Waals surface area (Å²) in [7, 11) is -1.91. The molecule has 0 saturated carbocycles. The smallest absolute Gasteiger partial charge is 0.246 e. The van der Waals surface area contributed by atoms with Gasteiger partial charge in [0.05, 0.1) is 11.9 Å². The Kier molecular flexibility index (Phi) is 4.20. The topological polar surface area (TPSA) is 103 Å². The van der Waals surface area contributed by atoms with Crippen molar-refractivity contribution in [1.82, 2.24) is 24.6 Å². The predicted octanol–water partition coefficient (Wildman–Crippen LogP) is 1.57. The van der Waals surface area contributed by atoms with Crippen molar-refractivity contribution in [2.24, 2.45) is 7.05 Å². The molecule has 1 N–H and O–H groups in total. The van der Waals surface area contributed by atoms with Crippen LogP contribution in [0.4, 0.5) is 0 Å². The molecule has 0 saturated heterocycles. The molecule has 0 amide bonds. The van der Waals surface area contributed by atoms with Crippen molar-refractivity contribution in [3.8, 4) is 11.3 Å². The summed E-state index contributed by atoms with van der Waals surface area (Å²) in [5.41, 5.74) is 2.59. The number of hydrogen-bond donors (Lipinski definition) is 1. The van der Waals surface area contributed by atoms with Gasteiger partial charge in [-0.2, -0.15) is 5.10 Å². The third kappa shape index (κ3) is 3.08. The highest BCUT2D eigenvalue weighted by Gasteiger charge is 2.24. The number of hydrogen-bond acceptors (Lipinski definition) is 6. The molecule has 3 aromatic rings. The number of pyridine rings is 1. The van der Waals surface area contributed by atoms with E-state index in [0.717, 1.165) is 11.1 Å². The van der Waals surface area contributed by atoms with Crippen molar-refractivity contribution >= 4 is 10.0 Å².